The van der Waals surface area contributed by atoms with Gasteiger partial charge in [0.2, 0.25) is 0 Å². The predicted octanol–water partition coefficient (Wildman–Crippen LogP) is 3.97. The maximum atomic E-state index is 12.6. The van der Waals surface area contributed by atoms with Gasteiger partial charge >= 0.3 is 0 Å². The number of hydrogen-bond donors (Lipinski definition) is 1. The Morgan fingerprint density at radius 1 is 0.962 bits per heavy atom. The molecule has 0 unspecified atom stereocenters. The van der Waals surface area contributed by atoms with E-state index in [1.165, 1.54) is 24.0 Å². The Morgan fingerprint density at radius 2 is 1.69 bits per heavy atom. The molecule has 2 aromatic carbocycles. The molecule has 0 saturated heterocycles. The molecule has 0 bridgehead atoms. The van der Waals surface area contributed by atoms with Crippen LogP contribution in [0.25, 0.3) is 0 Å². The van der Waals surface area contributed by atoms with Crippen molar-refractivity contribution in [1.82, 2.24) is 5.32 Å². The fraction of sp³-hybridized carbons (Fsp3) is 0.409. The Kier molecular flexibility index (Phi) is 4.83. The minimum atomic E-state index is -0.0233. The quantitative estimate of drug-likeness (QED) is 0.910. The van der Waals surface area contributed by atoms with Crippen LogP contribution in [0, 0.1) is 6.92 Å². The molecule has 1 amide bonds. The molecular weight excluding hydrogens is 326 g/mol. The van der Waals surface area contributed by atoms with Gasteiger partial charge < -0.3 is 14.8 Å². The van der Waals surface area contributed by atoms with Crippen molar-refractivity contribution in [2.45, 2.75) is 45.6 Å². The molecule has 26 heavy (non-hydrogen) atoms. The van der Waals surface area contributed by atoms with Crippen molar-refractivity contribution >= 4 is 5.91 Å². The third kappa shape index (κ3) is 3.55. The molecule has 4 heteroatoms. The molecule has 0 aromatic heterocycles. The number of fused-ring (bicyclic) bond motifs is 2. The Balaban J connectivity index is 1.47. The summed E-state index contributed by atoms with van der Waals surface area (Å²) in [6.07, 6.45) is 5.57. The monoisotopic (exact) mass is 351 g/mol. The van der Waals surface area contributed by atoms with E-state index in [1.54, 1.807) is 0 Å². The van der Waals surface area contributed by atoms with Crippen LogP contribution in [0.3, 0.4) is 0 Å². The summed E-state index contributed by atoms with van der Waals surface area (Å²) in [4.78, 5) is 12.6. The van der Waals surface area contributed by atoms with Gasteiger partial charge in [-0.2, -0.15) is 0 Å². The van der Waals surface area contributed by atoms with Crippen LogP contribution in [0.15, 0.2) is 30.3 Å². The first kappa shape index (κ1) is 17.0. The van der Waals surface area contributed by atoms with Gasteiger partial charge in [-0.25, -0.2) is 0 Å². The molecule has 0 atom stereocenters. The van der Waals surface area contributed by atoms with E-state index < -0.39 is 0 Å². The van der Waals surface area contributed by atoms with E-state index in [4.69, 9.17) is 9.47 Å². The molecule has 1 aliphatic heterocycles. The lowest BCUT2D eigenvalue weighted by Gasteiger charge is -2.17. The summed E-state index contributed by atoms with van der Waals surface area (Å²) in [5.74, 6) is 1.54. The summed E-state index contributed by atoms with van der Waals surface area (Å²) in [6, 6.07) is 10.1. The normalized spacial score (nSPS) is 15.7. The van der Waals surface area contributed by atoms with E-state index in [-0.39, 0.29) is 5.91 Å². The molecule has 1 N–H and O–H groups in total. The number of ether oxygens (including phenoxy) is 2. The third-order valence-electron chi connectivity index (χ3n) is 5.26. The van der Waals surface area contributed by atoms with E-state index in [1.807, 2.05) is 25.1 Å². The molecule has 1 aliphatic carbocycles. The zero-order valence-corrected chi connectivity index (χ0v) is 15.3. The maximum Gasteiger partial charge on any atom is 0.251 e. The van der Waals surface area contributed by atoms with Gasteiger partial charge in [0.25, 0.3) is 5.91 Å². The summed E-state index contributed by atoms with van der Waals surface area (Å²) in [5, 5.41) is 3.05. The van der Waals surface area contributed by atoms with Gasteiger partial charge in [-0.3, -0.25) is 4.79 Å². The summed E-state index contributed by atoms with van der Waals surface area (Å²) in [7, 11) is 0. The van der Waals surface area contributed by atoms with E-state index in [2.05, 4.69) is 17.4 Å². The lowest BCUT2D eigenvalue weighted by Crippen LogP contribution is -2.23. The van der Waals surface area contributed by atoms with E-state index in [0.29, 0.717) is 19.8 Å². The molecule has 2 aromatic rings. The van der Waals surface area contributed by atoms with Crippen LogP contribution < -0.4 is 14.8 Å². The average molecular weight is 351 g/mol. The van der Waals surface area contributed by atoms with Crippen molar-refractivity contribution in [3.8, 4) is 11.5 Å². The standard InChI is InChI=1S/C22H25NO3/c1-15-11-20-21(26-10-4-9-25-20)13-19(15)14-23-22(24)18-8-7-16-5-2-3-6-17(16)12-18/h7-8,11-13H,2-6,9-10,14H2,1H3,(H,23,24). The van der Waals surface area contributed by atoms with Gasteiger partial charge in [0.15, 0.2) is 11.5 Å². The Morgan fingerprint density at radius 3 is 2.50 bits per heavy atom. The Bertz CT molecular complexity index is 828. The van der Waals surface area contributed by atoms with E-state index in [9.17, 15) is 4.79 Å². The van der Waals surface area contributed by atoms with E-state index in [0.717, 1.165) is 47.5 Å². The Hall–Kier alpha value is -2.49. The van der Waals surface area contributed by atoms with Crippen molar-refractivity contribution in [2.75, 3.05) is 13.2 Å². The van der Waals surface area contributed by atoms with Gasteiger partial charge in [0.1, 0.15) is 0 Å². The molecule has 0 fully saturated rings. The number of rotatable bonds is 3. The van der Waals surface area contributed by atoms with Crippen LogP contribution in [0.5, 0.6) is 11.5 Å². The highest BCUT2D eigenvalue weighted by molar-refractivity contribution is 5.94. The molecule has 1 heterocycles. The highest BCUT2D eigenvalue weighted by Gasteiger charge is 2.15. The average Bonchev–Trinajstić information content (AvgIpc) is 2.90. The third-order valence-corrected chi connectivity index (χ3v) is 5.26. The summed E-state index contributed by atoms with van der Waals surface area (Å²) >= 11 is 0. The number of carbonyl (C=O) groups is 1. The fourth-order valence-corrected chi connectivity index (χ4v) is 3.70. The summed E-state index contributed by atoms with van der Waals surface area (Å²) in [5.41, 5.74) is 5.63. The van der Waals surface area contributed by atoms with Gasteiger partial charge in [-0.05, 0) is 79.1 Å². The van der Waals surface area contributed by atoms with Crippen molar-refractivity contribution in [1.29, 1.82) is 0 Å². The number of benzene rings is 2. The molecule has 136 valence electrons. The fourth-order valence-electron chi connectivity index (χ4n) is 3.70. The van der Waals surface area contributed by atoms with Crippen molar-refractivity contribution in [2.24, 2.45) is 0 Å². The maximum absolute atomic E-state index is 12.6. The van der Waals surface area contributed by atoms with Crippen LogP contribution in [0.1, 0.15) is 51.9 Å². The van der Waals surface area contributed by atoms with Crippen LogP contribution in [0.2, 0.25) is 0 Å². The second-order valence-corrected chi connectivity index (χ2v) is 7.15. The van der Waals surface area contributed by atoms with Crippen LogP contribution >= 0.6 is 0 Å². The topological polar surface area (TPSA) is 47.6 Å². The molecule has 0 spiro atoms. The van der Waals surface area contributed by atoms with E-state index >= 15 is 0 Å². The number of carbonyl (C=O) groups excluding carboxylic acids is 1. The summed E-state index contributed by atoms with van der Waals surface area (Å²) < 4.78 is 11.5. The summed E-state index contributed by atoms with van der Waals surface area (Å²) in [6.45, 7) is 3.87. The van der Waals surface area contributed by atoms with Crippen LogP contribution in [0.4, 0.5) is 0 Å². The second-order valence-electron chi connectivity index (χ2n) is 7.15. The first-order valence-electron chi connectivity index (χ1n) is 9.50. The van der Waals surface area contributed by atoms with Gasteiger partial charge in [0, 0.05) is 18.5 Å². The SMILES string of the molecule is Cc1cc2c(cc1CNC(=O)c1ccc3c(c1)CCCC3)OCCCO2. The molecule has 4 nitrogen and oxygen atoms in total. The van der Waals surface area contributed by atoms with Gasteiger partial charge in [0.05, 0.1) is 13.2 Å². The number of nitrogens with one attached hydrogen (secondary N) is 1. The minimum absolute atomic E-state index is 0.0233. The predicted molar refractivity (Wildman–Crippen MR) is 101 cm³/mol. The number of aryl methyl sites for hydroxylation is 3. The lowest BCUT2D eigenvalue weighted by atomic mass is 9.90. The zero-order valence-electron chi connectivity index (χ0n) is 15.3. The van der Waals surface area contributed by atoms with Gasteiger partial charge in [-0.1, -0.05) is 6.07 Å². The van der Waals surface area contributed by atoms with Gasteiger partial charge in [-0.15, -0.1) is 0 Å². The minimum Gasteiger partial charge on any atom is -0.490 e. The molecule has 0 radical (unpaired) electrons. The Labute approximate surface area is 154 Å². The second kappa shape index (κ2) is 7.40. The van der Waals surface area contributed by atoms with Crippen molar-refractivity contribution < 1.29 is 14.3 Å². The zero-order chi connectivity index (χ0) is 17.9. The molecular formula is C22H25NO3. The lowest BCUT2D eigenvalue weighted by molar-refractivity contribution is 0.0950. The molecule has 2 aliphatic rings. The van der Waals surface area contributed by atoms with Crippen LogP contribution in [-0.4, -0.2) is 19.1 Å². The molecule has 0 saturated carbocycles. The van der Waals surface area contributed by atoms with Crippen molar-refractivity contribution in [3.63, 3.8) is 0 Å². The first-order valence-corrected chi connectivity index (χ1v) is 9.50. The highest BCUT2D eigenvalue weighted by Crippen LogP contribution is 2.32. The van der Waals surface area contributed by atoms with Crippen LogP contribution in [-0.2, 0) is 19.4 Å². The largest absolute Gasteiger partial charge is 0.490 e. The number of amides is 1. The molecule has 4 rings (SSSR count). The smallest absolute Gasteiger partial charge is 0.251 e. The first-order chi connectivity index (χ1) is 12.7. The highest BCUT2D eigenvalue weighted by atomic mass is 16.5. The van der Waals surface area contributed by atoms with Crippen molar-refractivity contribution in [3.05, 3.63) is 58.1 Å². The number of hydrogen-bond acceptors (Lipinski definition) is 3.